The summed E-state index contributed by atoms with van der Waals surface area (Å²) in [6.07, 6.45) is 0. The third-order valence-electron chi connectivity index (χ3n) is 9.31. The molecule has 10 rings (SSSR count). The number of aromatic nitrogens is 5. The van der Waals surface area contributed by atoms with E-state index in [2.05, 4.69) is 155 Å². The quantitative estimate of drug-likeness (QED) is 0.198. The van der Waals surface area contributed by atoms with Crippen LogP contribution in [0.25, 0.3) is 88.8 Å². The Morgan fingerprint density at radius 2 is 0.958 bits per heavy atom. The van der Waals surface area contributed by atoms with E-state index in [1.807, 2.05) is 18.2 Å². The first-order valence-corrected chi connectivity index (χ1v) is 16.1. The molecule has 3 aromatic heterocycles. The molecule has 3 heterocycles. The molecule has 0 saturated heterocycles. The van der Waals surface area contributed by atoms with Crippen LogP contribution in [0.5, 0.6) is 0 Å². The van der Waals surface area contributed by atoms with E-state index in [9.17, 15) is 0 Å². The molecule has 0 saturated carbocycles. The lowest BCUT2D eigenvalue weighted by atomic mass is 10.0. The Morgan fingerprint density at radius 3 is 1.69 bits per heavy atom. The molecule has 7 aromatic carbocycles. The molecule has 0 amide bonds. The van der Waals surface area contributed by atoms with Gasteiger partial charge in [-0.25, -0.2) is 15.0 Å². The number of hydrogen-bond donors (Lipinski definition) is 0. The Labute approximate surface area is 276 Å². The maximum absolute atomic E-state index is 5.52. The molecule has 0 unspecified atom stereocenters. The molecule has 0 aliphatic heterocycles. The first-order chi connectivity index (χ1) is 23.8. The van der Waals surface area contributed by atoms with E-state index in [4.69, 9.17) is 15.0 Å². The van der Waals surface area contributed by atoms with Gasteiger partial charge in [0.25, 0.3) is 0 Å². The van der Waals surface area contributed by atoms with Crippen molar-refractivity contribution in [1.29, 1.82) is 0 Å². The second-order valence-corrected chi connectivity index (χ2v) is 12.0. The predicted molar refractivity (Wildman–Crippen MR) is 197 cm³/mol. The number of rotatable bonds is 4. The van der Waals surface area contributed by atoms with Crippen molar-refractivity contribution in [2.24, 2.45) is 0 Å². The zero-order chi connectivity index (χ0) is 31.6. The van der Waals surface area contributed by atoms with E-state index in [0.717, 1.165) is 82.8 Å². The normalized spacial score (nSPS) is 11.8. The molecule has 0 spiro atoms. The summed E-state index contributed by atoms with van der Waals surface area (Å²) in [4.78, 5) is 16.1. The summed E-state index contributed by atoms with van der Waals surface area (Å²) in [6.45, 7) is 0. The molecule has 5 heteroatoms. The predicted octanol–water partition coefficient (Wildman–Crippen LogP) is 10.6. The van der Waals surface area contributed by atoms with Crippen LogP contribution in [0.3, 0.4) is 0 Å². The highest BCUT2D eigenvalue weighted by Crippen LogP contribution is 2.44. The summed E-state index contributed by atoms with van der Waals surface area (Å²) >= 11 is 0. The van der Waals surface area contributed by atoms with Crippen LogP contribution in [0.4, 0.5) is 0 Å². The van der Waals surface area contributed by atoms with Crippen LogP contribution in [0.1, 0.15) is 0 Å². The summed E-state index contributed by atoms with van der Waals surface area (Å²) in [7, 11) is 0. The number of para-hydroxylation sites is 3. The smallest absolute Gasteiger partial charge is 0.235 e. The van der Waals surface area contributed by atoms with Crippen molar-refractivity contribution in [3.05, 3.63) is 164 Å². The maximum Gasteiger partial charge on any atom is 0.235 e. The standard InChI is InChI=1S/C43H27N5/c1-4-16-28(17-5-1)38-33-24-12-14-26-35(33)44-43(46-38)48-36-27-15-13-25-34(36)37-39-41(32-23-11-10-22-31(32)40(37)48)47(30-20-8-3-9-21-30)42(45-39)29-18-6-2-7-19-29/h1-27H. The Hall–Kier alpha value is -6.59. The van der Waals surface area contributed by atoms with Crippen molar-refractivity contribution in [2.75, 3.05) is 0 Å². The average Bonchev–Trinajstić information content (AvgIpc) is 3.73. The van der Waals surface area contributed by atoms with Crippen LogP contribution >= 0.6 is 0 Å². The third kappa shape index (κ3) is 3.88. The molecule has 0 N–H and O–H groups in total. The fourth-order valence-corrected chi connectivity index (χ4v) is 7.27. The van der Waals surface area contributed by atoms with E-state index < -0.39 is 0 Å². The molecule has 0 bridgehead atoms. The average molecular weight is 614 g/mol. The minimum atomic E-state index is 0.633. The second kappa shape index (κ2) is 10.5. The van der Waals surface area contributed by atoms with E-state index >= 15 is 0 Å². The molecular weight excluding hydrogens is 587 g/mol. The van der Waals surface area contributed by atoms with Crippen molar-refractivity contribution in [2.45, 2.75) is 0 Å². The molecule has 0 aliphatic carbocycles. The molecule has 48 heavy (non-hydrogen) atoms. The van der Waals surface area contributed by atoms with Gasteiger partial charge in [-0.3, -0.25) is 9.13 Å². The molecule has 0 atom stereocenters. The van der Waals surface area contributed by atoms with Gasteiger partial charge in [-0.05, 0) is 24.3 Å². The van der Waals surface area contributed by atoms with Gasteiger partial charge in [0.1, 0.15) is 11.3 Å². The van der Waals surface area contributed by atoms with Gasteiger partial charge in [0.05, 0.1) is 27.8 Å². The third-order valence-corrected chi connectivity index (χ3v) is 9.31. The summed E-state index contributed by atoms with van der Waals surface area (Å²) in [5.41, 5.74) is 9.10. The van der Waals surface area contributed by atoms with Crippen LogP contribution in [-0.2, 0) is 0 Å². The highest BCUT2D eigenvalue weighted by molar-refractivity contribution is 6.31. The topological polar surface area (TPSA) is 48.5 Å². The van der Waals surface area contributed by atoms with E-state index in [1.54, 1.807) is 0 Å². The monoisotopic (exact) mass is 613 g/mol. The maximum atomic E-state index is 5.52. The first kappa shape index (κ1) is 26.6. The van der Waals surface area contributed by atoms with Crippen LogP contribution in [-0.4, -0.2) is 24.1 Å². The molecule has 5 nitrogen and oxygen atoms in total. The Balaban J connectivity index is 1.42. The second-order valence-electron chi connectivity index (χ2n) is 12.0. The Morgan fingerprint density at radius 1 is 0.396 bits per heavy atom. The van der Waals surface area contributed by atoms with Gasteiger partial charge in [-0.1, -0.05) is 140 Å². The van der Waals surface area contributed by atoms with Gasteiger partial charge in [0.2, 0.25) is 5.95 Å². The van der Waals surface area contributed by atoms with E-state index in [0.29, 0.717) is 5.95 Å². The van der Waals surface area contributed by atoms with Crippen LogP contribution in [0.2, 0.25) is 0 Å². The molecule has 0 fully saturated rings. The van der Waals surface area contributed by atoms with Gasteiger partial charge in [0.15, 0.2) is 0 Å². The van der Waals surface area contributed by atoms with Gasteiger partial charge in [-0.2, -0.15) is 0 Å². The Kier molecular flexibility index (Phi) is 5.81. The van der Waals surface area contributed by atoms with Crippen molar-refractivity contribution in [3.8, 4) is 34.3 Å². The molecular formula is C43H27N5. The summed E-state index contributed by atoms with van der Waals surface area (Å²) < 4.78 is 4.56. The number of nitrogens with zero attached hydrogens (tertiary/aromatic N) is 5. The summed E-state index contributed by atoms with van der Waals surface area (Å²) in [5, 5.41) is 5.45. The van der Waals surface area contributed by atoms with Crippen LogP contribution < -0.4 is 0 Å². The minimum absolute atomic E-state index is 0.633. The number of imidazole rings is 1. The first-order valence-electron chi connectivity index (χ1n) is 16.1. The largest absolute Gasteiger partial charge is 0.292 e. The van der Waals surface area contributed by atoms with Gasteiger partial charge < -0.3 is 0 Å². The van der Waals surface area contributed by atoms with Crippen LogP contribution in [0, 0.1) is 0 Å². The molecule has 10 aromatic rings. The summed E-state index contributed by atoms with van der Waals surface area (Å²) in [6, 6.07) is 56.9. The number of hydrogen-bond acceptors (Lipinski definition) is 3. The van der Waals surface area contributed by atoms with Crippen LogP contribution in [0.15, 0.2) is 164 Å². The Bertz CT molecular complexity index is 2820. The molecule has 224 valence electrons. The highest BCUT2D eigenvalue weighted by atomic mass is 15.2. The lowest BCUT2D eigenvalue weighted by molar-refractivity contribution is 1.02. The fraction of sp³-hybridized carbons (Fsp3) is 0. The molecule has 0 aliphatic rings. The van der Waals surface area contributed by atoms with E-state index in [-0.39, 0.29) is 0 Å². The zero-order valence-electron chi connectivity index (χ0n) is 25.8. The minimum Gasteiger partial charge on any atom is -0.292 e. The number of benzene rings is 7. The lowest BCUT2D eigenvalue weighted by Gasteiger charge is -2.14. The fourth-order valence-electron chi connectivity index (χ4n) is 7.27. The highest BCUT2D eigenvalue weighted by Gasteiger charge is 2.26. The van der Waals surface area contributed by atoms with Crippen molar-refractivity contribution in [1.82, 2.24) is 24.1 Å². The lowest BCUT2D eigenvalue weighted by Crippen LogP contribution is -2.04. The number of fused-ring (bicyclic) bond motifs is 9. The van der Waals surface area contributed by atoms with E-state index in [1.165, 1.54) is 0 Å². The SMILES string of the molecule is c1ccc(-c2nc(-n3c4ccccc4c4c5nc(-c6ccccc6)n(-c6ccccc6)c5c5ccccc5c43)nc3ccccc23)cc1. The zero-order valence-corrected chi connectivity index (χ0v) is 25.8. The van der Waals surface area contributed by atoms with Crippen molar-refractivity contribution < 1.29 is 0 Å². The van der Waals surface area contributed by atoms with Gasteiger partial charge in [-0.15, -0.1) is 0 Å². The van der Waals surface area contributed by atoms with Crippen molar-refractivity contribution >= 4 is 54.5 Å². The van der Waals surface area contributed by atoms with Gasteiger partial charge >= 0.3 is 0 Å². The summed E-state index contributed by atoms with van der Waals surface area (Å²) in [5.74, 6) is 1.54. The van der Waals surface area contributed by atoms with Gasteiger partial charge in [0, 0.05) is 43.7 Å². The molecule has 0 radical (unpaired) electrons. The van der Waals surface area contributed by atoms with Crippen molar-refractivity contribution in [3.63, 3.8) is 0 Å².